The van der Waals surface area contributed by atoms with Crippen molar-refractivity contribution < 1.29 is 14.7 Å². The lowest BCUT2D eigenvalue weighted by molar-refractivity contribution is -0.146. The van der Waals surface area contributed by atoms with E-state index in [9.17, 15) is 9.59 Å². The molecule has 0 unspecified atom stereocenters. The molecule has 2 rings (SSSR count). The first kappa shape index (κ1) is 12.3. The lowest BCUT2D eigenvalue weighted by Gasteiger charge is -2.36. The Morgan fingerprint density at radius 3 is 2.89 bits per heavy atom. The topological polar surface area (TPSA) is 100 Å². The highest BCUT2D eigenvalue weighted by molar-refractivity contribution is 5.79. The van der Waals surface area contributed by atoms with Crippen LogP contribution in [-0.4, -0.2) is 49.9 Å². The average Bonchev–Trinajstić information content (AvgIpc) is 2.70. The first-order valence-electron chi connectivity index (χ1n) is 5.74. The van der Waals surface area contributed by atoms with Crippen molar-refractivity contribution in [2.24, 2.45) is 5.92 Å². The summed E-state index contributed by atoms with van der Waals surface area (Å²) in [6.45, 7) is 3.52. The van der Waals surface area contributed by atoms with Crippen molar-refractivity contribution in [2.75, 3.05) is 13.1 Å². The van der Waals surface area contributed by atoms with Gasteiger partial charge < -0.3 is 19.9 Å². The number of aryl methyl sites for hydroxylation is 1. The number of carbonyl (C=O) groups excluding carboxylic acids is 1. The minimum absolute atomic E-state index is 0.266. The molecular weight excluding hydrogens is 238 g/mol. The van der Waals surface area contributed by atoms with Gasteiger partial charge in [-0.05, 0) is 6.92 Å². The number of aromatic nitrogens is 3. The second-order valence-corrected chi connectivity index (χ2v) is 4.13. The normalized spacial score (nSPS) is 15.3. The van der Waals surface area contributed by atoms with Crippen LogP contribution in [-0.2, 0) is 17.9 Å². The summed E-state index contributed by atoms with van der Waals surface area (Å²) in [7, 11) is 0. The van der Waals surface area contributed by atoms with Gasteiger partial charge in [-0.1, -0.05) is 0 Å². The number of likely N-dealkylation sites (tertiary alicyclic amines) is 1. The molecule has 1 aromatic rings. The van der Waals surface area contributed by atoms with Crippen LogP contribution in [0.4, 0.5) is 4.79 Å². The maximum Gasteiger partial charge on any atom is 0.317 e. The Morgan fingerprint density at radius 1 is 1.56 bits per heavy atom. The number of carbonyl (C=O) groups is 2. The second-order valence-electron chi connectivity index (χ2n) is 4.13. The molecule has 1 aliphatic rings. The highest BCUT2D eigenvalue weighted by Crippen LogP contribution is 2.15. The lowest BCUT2D eigenvalue weighted by Crippen LogP contribution is -2.56. The van der Waals surface area contributed by atoms with Crippen molar-refractivity contribution >= 4 is 12.0 Å². The number of hydrogen-bond donors (Lipinski definition) is 2. The minimum atomic E-state index is -0.857. The number of urea groups is 1. The van der Waals surface area contributed by atoms with Crippen LogP contribution in [0.25, 0.3) is 0 Å². The number of nitrogens with one attached hydrogen (secondary N) is 1. The van der Waals surface area contributed by atoms with Gasteiger partial charge in [0.25, 0.3) is 0 Å². The van der Waals surface area contributed by atoms with Crippen LogP contribution in [0.2, 0.25) is 0 Å². The zero-order chi connectivity index (χ0) is 13.1. The van der Waals surface area contributed by atoms with Gasteiger partial charge in [0, 0.05) is 19.6 Å². The maximum atomic E-state index is 11.7. The molecule has 0 spiro atoms. The molecule has 2 amide bonds. The summed E-state index contributed by atoms with van der Waals surface area (Å²) in [6.07, 6.45) is 1.60. The van der Waals surface area contributed by atoms with E-state index < -0.39 is 11.9 Å². The van der Waals surface area contributed by atoms with Gasteiger partial charge in [0.15, 0.2) is 5.82 Å². The summed E-state index contributed by atoms with van der Waals surface area (Å²) >= 11 is 0. The molecule has 0 bridgehead atoms. The third-order valence-corrected chi connectivity index (χ3v) is 2.95. The van der Waals surface area contributed by atoms with Gasteiger partial charge in [-0.25, -0.2) is 4.79 Å². The van der Waals surface area contributed by atoms with Gasteiger partial charge in [-0.2, -0.15) is 0 Å². The highest BCUT2D eigenvalue weighted by atomic mass is 16.4. The number of carboxylic acid groups (broad SMARTS) is 1. The van der Waals surface area contributed by atoms with Gasteiger partial charge in [0.2, 0.25) is 0 Å². The van der Waals surface area contributed by atoms with Crippen LogP contribution in [0.1, 0.15) is 12.7 Å². The Balaban J connectivity index is 1.78. The third-order valence-electron chi connectivity index (χ3n) is 2.95. The van der Waals surface area contributed by atoms with Crippen molar-refractivity contribution in [3.8, 4) is 0 Å². The second kappa shape index (κ2) is 5.03. The molecular formula is C10H15N5O3. The highest BCUT2D eigenvalue weighted by Gasteiger charge is 2.35. The largest absolute Gasteiger partial charge is 0.481 e. The first-order valence-corrected chi connectivity index (χ1v) is 5.74. The Kier molecular flexibility index (Phi) is 3.45. The molecule has 2 N–H and O–H groups in total. The standard InChI is InChI=1S/C10H15N5O3/c1-2-14-6-12-13-8(14)3-11-10(18)15-4-7(5-15)9(16)17/h6-7H,2-5H2,1H3,(H,11,18)(H,16,17). The molecule has 0 atom stereocenters. The van der Waals surface area contributed by atoms with E-state index in [0.29, 0.717) is 12.4 Å². The smallest absolute Gasteiger partial charge is 0.317 e. The van der Waals surface area contributed by atoms with Gasteiger partial charge in [-0.15, -0.1) is 10.2 Å². The number of hydrogen-bond acceptors (Lipinski definition) is 4. The summed E-state index contributed by atoms with van der Waals surface area (Å²) in [5.41, 5.74) is 0. The summed E-state index contributed by atoms with van der Waals surface area (Å²) in [6, 6.07) is -0.266. The van der Waals surface area contributed by atoms with Crippen LogP contribution < -0.4 is 5.32 Å². The molecule has 0 radical (unpaired) electrons. The van der Waals surface area contributed by atoms with Gasteiger partial charge in [0.1, 0.15) is 6.33 Å². The monoisotopic (exact) mass is 253 g/mol. The SMILES string of the molecule is CCn1cnnc1CNC(=O)N1CC(C(=O)O)C1. The number of carboxylic acids is 1. The van der Waals surface area contributed by atoms with Gasteiger partial charge >= 0.3 is 12.0 Å². The number of rotatable bonds is 4. The van der Waals surface area contributed by atoms with Gasteiger partial charge in [0.05, 0.1) is 12.5 Å². The van der Waals surface area contributed by atoms with E-state index >= 15 is 0 Å². The summed E-state index contributed by atoms with van der Waals surface area (Å²) in [5.74, 6) is -0.610. The predicted octanol–water partition coefficient (Wildman–Crippen LogP) is -0.476. The molecule has 18 heavy (non-hydrogen) atoms. The van der Waals surface area contributed by atoms with Crippen LogP contribution >= 0.6 is 0 Å². The fraction of sp³-hybridized carbons (Fsp3) is 0.600. The molecule has 0 saturated carbocycles. The van der Waals surface area contributed by atoms with Crippen LogP contribution in [0, 0.1) is 5.92 Å². The Morgan fingerprint density at radius 2 is 2.28 bits per heavy atom. The quantitative estimate of drug-likeness (QED) is 0.755. The van der Waals surface area contributed by atoms with Crippen molar-refractivity contribution in [1.82, 2.24) is 25.0 Å². The first-order chi connectivity index (χ1) is 8.61. The average molecular weight is 253 g/mol. The van der Waals surface area contributed by atoms with Crippen molar-refractivity contribution in [3.63, 3.8) is 0 Å². The number of nitrogens with zero attached hydrogens (tertiary/aromatic N) is 4. The predicted molar refractivity (Wildman–Crippen MR) is 60.6 cm³/mol. The third kappa shape index (κ3) is 2.41. The summed E-state index contributed by atoms with van der Waals surface area (Å²) < 4.78 is 1.83. The van der Waals surface area contributed by atoms with E-state index in [0.717, 1.165) is 6.54 Å². The Bertz CT molecular complexity index is 452. The zero-order valence-corrected chi connectivity index (χ0v) is 10.0. The van der Waals surface area contributed by atoms with Crippen molar-refractivity contribution in [3.05, 3.63) is 12.2 Å². The van der Waals surface area contributed by atoms with Crippen molar-refractivity contribution in [2.45, 2.75) is 20.0 Å². The van der Waals surface area contributed by atoms with Gasteiger partial charge in [-0.3, -0.25) is 4.79 Å². The van der Waals surface area contributed by atoms with Crippen LogP contribution in [0.5, 0.6) is 0 Å². The van der Waals surface area contributed by atoms with E-state index in [4.69, 9.17) is 5.11 Å². The van der Waals surface area contributed by atoms with E-state index in [2.05, 4.69) is 15.5 Å². The fourth-order valence-electron chi connectivity index (χ4n) is 1.75. The van der Waals surface area contributed by atoms with E-state index in [1.807, 2.05) is 11.5 Å². The molecule has 1 fully saturated rings. The summed E-state index contributed by atoms with van der Waals surface area (Å²) in [5, 5.41) is 19.0. The Labute approximate surface area is 104 Å². The van der Waals surface area contributed by atoms with Crippen LogP contribution in [0.3, 0.4) is 0 Å². The molecule has 2 heterocycles. The molecule has 0 aromatic carbocycles. The molecule has 8 heteroatoms. The molecule has 1 aromatic heterocycles. The Hall–Kier alpha value is -2.12. The van der Waals surface area contributed by atoms with E-state index in [1.165, 1.54) is 4.90 Å². The summed E-state index contributed by atoms with van der Waals surface area (Å²) in [4.78, 5) is 23.7. The molecule has 0 aliphatic carbocycles. The number of aliphatic carboxylic acids is 1. The maximum absolute atomic E-state index is 11.7. The van der Waals surface area contributed by atoms with Crippen LogP contribution in [0.15, 0.2) is 6.33 Å². The lowest BCUT2D eigenvalue weighted by atomic mass is 10.0. The minimum Gasteiger partial charge on any atom is -0.481 e. The van der Waals surface area contributed by atoms with E-state index in [1.54, 1.807) is 6.33 Å². The van der Waals surface area contributed by atoms with E-state index in [-0.39, 0.29) is 19.1 Å². The molecule has 1 saturated heterocycles. The zero-order valence-electron chi connectivity index (χ0n) is 10.0. The molecule has 98 valence electrons. The number of amides is 2. The molecule has 8 nitrogen and oxygen atoms in total. The fourth-order valence-corrected chi connectivity index (χ4v) is 1.75. The molecule has 1 aliphatic heterocycles. The van der Waals surface area contributed by atoms with Crippen molar-refractivity contribution in [1.29, 1.82) is 0 Å².